The molecule has 1 nitrogen and oxygen atoms in total. The summed E-state index contributed by atoms with van der Waals surface area (Å²) in [6.45, 7) is 6.01. The molecule has 2 unspecified atom stereocenters. The minimum atomic E-state index is 0.822. The molecular formula is C13H26ClN. The molecule has 1 aliphatic rings. The van der Waals surface area contributed by atoms with E-state index in [1.807, 2.05) is 0 Å². The van der Waals surface area contributed by atoms with Crippen molar-refractivity contribution in [2.75, 3.05) is 12.4 Å². The molecular weight excluding hydrogens is 206 g/mol. The van der Waals surface area contributed by atoms with Gasteiger partial charge < -0.3 is 0 Å². The quantitative estimate of drug-likeness (QED) is 0.472. The summed E-state index contributed by atoms with van der Waals surface area (Å²) in [6.07, 6.45) is 9.35. The van der Waals surface area contributed by atoms with Gasteiger partial charge in [-0.1, -0.05) is 19.8 Å². The first kappa shape index (κ1) is 13.3. The van der Waals surface area contributed by atoms with E-state index < -0.39 is 0 Å². The number of hydrogen-bond acceptors (Lipinski definition) is 1. The second kappa shape index (κ2) is 7.51. The molecule has 0 bridgehead atoms. The van der Waals surface area contributed by atoms with Gasteiger partial charge in [0.05, 0.1) is 0 Å². The van der Waals surface area contributed by atoms with Crippen LogP contribution in [0.1, 0.15) is 58.8 Å². The molecule has 1 aliphatic heterocycles. The van der Waals surface area contributed by atoms with Gasteiger partial charge in [-0.05, 0) is 45.6 Å². The summed E-state index contributed by atoms with van der Waals surface area (Å²) >= 11 is 5.67. The van der Waals surface area contributed by atoms with Crippen LogP contribution in [0.5, 0.6) is 0 Å². The minimum absolute atomic E-state index is 0.822. The van der Waals surface area contributed by atoms with Crippen molar-refractivity contribution < 1.29 is 0 Å². The van der Waals surface area contributed by atoms with Crippen LogP contribution in [0.25, 0.3) is 0 Å². The third kappa shape index (κ3) is 4.32. The van der Waals surface area contributed by atoms with E-state index >= 15 is 0 Å². The molecule has 1 fully saturated rings. The fourth-order valence-corrected chi connectivity index (χ4v) is 2.90. The largest absolute Gasteiger partial charge is 0.298 e. The fraction of sp³-hybridized carbons (Fsp3) is 1.00. The van der Waals surface area contributed by atoms with Crippen molar-refractivity contribution in [2.45, 2.75) is 70.9 Å². The lowest BCUT2D eigenvalue weighted by Gasteiger charge is -2.27. The third-order valence-electron chi connectivity index (χ3n) is 3.72. The highest BCUT2D eigenvalue weighted by Crippen LogP contribution is 2.26. The van der Waals surface area contributed by atoms with E-state index in [-0.39, 0.29) is 0 Å². The topological polar surface area (TPSA) is 3.24 Å². The van der Waals surface area contributed by atoms with Crippen LogP contribution in [0.2, 0.25) is 0 Å². The van der Waals surface area contributed by atoms with E-state index in [2.05, 4.69) is 18.7 Å². The van der Waals surface area contributed by atoms with Crippen molar-refractivity contribution in [2.24, 2.45) is 0 Å². The second-order valence-electron chi connectivity index (χ2n) is 4.83. The molecule has 90 valence electrons. The fourth-order valence-electron chi connectivity index (χ4n) is 2.71. The van der Waals surface area contributed by atoms with Gasteiger partial charge in [0.25, 0.3) is 0 Å². The number of likely N-dealkylation sites (tertiary alicyclic amines) is 1. The van der Waals surface area contributed by atoms with Gasteiger partial charge in [-0.2, -0.15) is 0 Å². The van der Waals surface area contributed by atoms with Crippen molar-refractivity contribution in [3.05, 3.63) is 0 Å². The lowest BCUT2D eigenvalue weighted by molar-refractivity contribution is 0.194. The molecule has 0 aromatic heterocycles. The monoisotopic (exact) mass is 231 g/mol. The van der Waals surface area contributed by atoms with Crippen LogP contribution in [0.15, 0.2) is 0 Å². The molecule has 0 radical (unpaired) electrons. The van der Waals surface area contributed by atoms with Gasteiger partial charge >= 0.3 is 0 Å². The Hall–Kier alpha value is 0.250. The highest BCUT2D eigenvalue weighted by Gasteiger charge is 2.28. The minimum Gasteiger partial charge on any atom is -0.298 e. The maximum Gasteiger partial charge on any atom is 0.0223 e. The zero-order valence-corrected chi connectivity index (χ0v) is 11.1. The zero-order chi connectivity index (χ0) is 11.1. The van der Waals surface area contributed by atoms with Crippen LogP contribution in [0.3, 0.4) is 0 Å². The summed E-state index contributed by atoms with van der Waals surface area (Å²) < 4.78 is 0. The highest BCUT2D eigenvalue weighted by atomic mass is 35.5. The van der Waals surface area contributed by atoms with Crippen molar-refractivity contribution in [3.63, 3.8) is 0 Å². The van der Waals surface area contributed by atoms with Crippen molar-refractivity contribution in [3.8, 4) is 0 Å². The summed E-state index contributed by atoms with van der Waals surface area (Å²) in [7, 11) is 0. The molecule has 1 saturated heterocycles. The maximum atomic E-state index is 5.67. The van der Waals surface area contributed by atoms with Gasteiger partial charge in [-0.25, -0.2) is 0 Å². The SMILES string of the molecule is CCC1CCC(C)N1CCCCCCCl. The number of rotatable bonds is 7. The first-order chi connectivity index (χ1) is 7.29. The van der Waals surface area contributed by atoms with Crippen LogP contribution in [0, 0.1) is 0 Å². The molecule has 2 atom stereocenters. The number of unbranched alkanes of at least 4 members (excludes halogenated alkanes) is 3. The predicted molar refractivity (Wildman–Crippen MR) is 68.7 cm³/mol. The Morgan fingerprint density at radius 3 is 2.53 bits per heavy atom. The number of alkyl halides is 1. The molecule has 1 rings (SSSR count). The van der Waals surface area contributed by atoms with Gasteiger partial charge in [0.2, 0.25) is 0 Å². The number of hydrogen-bond donors (Lipinski definition) is 0. The zero-order valence-electron chi connectivity index (χ0n) is 10.3. The average molecular weight is 232 g/mol. The van der Waals surface area contributed by atoms with Crippen LogP contribution in [-0.2, 0) is 0 Å². The Labute approximate surface area is 100 Å². The predicted octanol–water partition coefficient (Wildman–Crippen LogP) is 4.05. The van der Waals surface area contributed by atoms with E-state index in [0.717, 1.165) is 18.0 Å². The summed E-state index contributed by atoms with van der Waals surface area (Å²) in [6, 6.07) is 1.69. The Balaban J connectivity index is 2.13. The summed E-state index contributed by atoms with van der Waals surface area (Å²) in [5.41, 5.74) is 0. The molecule has 0 aromatic rings. The Morgan fingerprint density at radius 2 is 1.87 bits per heavy atom. The third-order valence-corrected chi connectivity index (χ3v) is 3.99. The van der Waals surface area contributed by atoms with Crippen molar-refractivity contribution in [1.29, 1.82) is 0 Å². The van der Waals surface area contributed by atoms with Crippen LogP contribution < -0.4 is 0 Å². The molecule has 1 heterocycles. The normalized spacial score (nSPS) is 27.4. The maximum absolute atomic E-state index is 5.67. The number of nitrogens with zero attached hydrogens (tertiary/aromatic N) is 1. The Morgan fingerprint density at radius 1 is 1.13 bits per heavy atom. The van der Waals surface area contributed by atoms with E-state index in [4.69, 9.17) is 11.6 Å². The molecule has 0 saturated carbocycles. The molecule has 0 amide bonds. The van der Waals surface area contributed by atoms with E-state index in [1.165, 1.54) is 51.5 Å². The highest BCUT2D eigenvalue weighted by molar-refractivity contribution is 6.17. The van der Waals surface area contributed by atoms with Gasteiger partial charge in [-0.3, -0.25) is 4.90 Å². The smallest absolute Gasteiger partial charge is 0.0223 e. The summed E-state index contributed by atoms with van der Waals surface area (Å²) in [4.78, 5) is 2.72. The van der Waals surface area contributed by atoms with Crippen LogP contribution in [-0.4, -0.2) is 29.4 Å². The average Bonchev–Trinajstić information content (AvgIpc) is 2.60. The summed E-state index contributed by atoms with van der Waals surface area (Å²) in [5.74, 6) is 0.831. The summed E-state index contributed by atoms with van der Waals surface area (Å²) in [5, 5.41) is 0. The van der Waals surface area contributed by atoms with Gasteiger partial charge in [0.1, 0.15) is 0 Å². The molecule has 0 N–H and O–H groups in total. The Kier molecular flexibility index (Phi) is 6.67. The van der Waals surface area contributed by atoms with Crippen LogP contribution >= 0.6 is 11.6 Å². The molecule has 0 spiro atoms. The lowest BCUT2D eigenvalue weighted by atomic mass is 10.1. The van der Waals surface area contributed by atoms with Crippen molar-refractivity contribution >= 4 is 11.6 Å². The van der Waals surface area contributed by atoms with Crippen molar-refractivity contribution in [1.82, 2.24) is 4.90 Å². The lowest BCUT2D eigenvalue weighted by Crippen LogP contribution is -2.34. The Bertz CT molecular complexity index is 161. The van der Waals surface area contributed by atoms with E-state index in [9.17, 15) is 0 Å². The molecule has 0 aromatic carbocycles. The first-order valence-corrected chi connectivity index (χ1v) is 7.14. The van der Waals surface area contributed by atoms with E-state index in [1.54, 1.807) is 0 Å². The van der Waals surface area contributed by atoms with Crippen LogP contribution in [0.4, 0.5) is 0 Å². The molecule has 2 heteroatoms. The van der Waals surface area contributed by atoms with Gasteiger partial charge in [0, 0.05) is 18.0 Å². The molecule has 15 heavy (non-hydrogen) atoms. The second-order valence-corrected chi connectivity index (χ2v) is 5.21. The van der Waals surface area contributed by atoms with Gasteiger partial charge in [-0.15, -0.1) is 11.6 Å². The molecule has 0 aliphatic carbocycles. The first-order valence-electron chi connectivity index (χ1n) is 6.61. The number of halogens is 1. The van der Waals surface area contributed by atoms with E-state index in [0.29, 0.717) is 0 Å². The van der Waals surface area contributed by atoms with Gasteiger partial charge in [0.15, 0.2) is 0 Å². The standard InChI is InChI=1S/C13H26ClN/c1-3-13-9-8-12(2)15(13)11-7-5-4-6-10-14/h12-13H,3-11H2,1-2H3.